The molecule has 0 spiro atoms. The molecule has 0 bridgehead atoms. The van der Waals surface area contributed by atoms with E-state index in [4.69, 9.17) is 22.4 Å². The van der Waals surface area contributed by atoms with Crippen molar-refractivity contribution in [3.63, 3.8) is 0 Å². The summed E-state index contributed by atoms with van der Waals surface area (Å²) in [5.41, 5.74) is 7.37. The first-order chi connectivity index (χ1) is 9.88. The van der Waals surface area contributed by atoms with Gasteiger partial charge in [-0.15, -0.1) is 0 Å². The predicted molar refractivity (Wildman–Crippen MR) is 81.4 cm³/mol. The Labute approximate surface area is 126 Å². The Balaban J connectivity index is 2.32. The molecule has 6 heteroatoms. The van der Waals surface area contributed by atoms with Crippen LogP contribution in [0.15, 0.2) is 41.3 Å². The van der Waals surface area contributed by atoms with Gasteiger partial charge in [-0.2, -0.15) is 0 Å². The first-order valence-corrected chi connectivity index (χ1v) is 6.70. The van der Waals surface area contributed by atoms with Gasteiger partial charge >= 0.3 is 5.97 Å². The quantitative estimate of drug-likeness (QED) is 0.899. The van der Waals surface area contributed by atoms with Gasteiger partial charge in [-0.3, -0.25) is 9.59 Å². The number of rotatable bonds is 4. The average Bonchev–Trinajstić information content (AvgIpc) is 2.43. The van der Waals surface area contributed by atoms with Crippen molar-refractivity contribution < 1.29 is 9.90 Å². The molecule has 0 saturated carbocycles. The third-order valence-corrected chi connectivity index (χ3v) is 3.39. The molecule has 2 aromatic rings. The zero-order valence-corrected chi connectivity index (χ0v) is 12.2. The summed E-state index contributed by atoms with van der Waals surface area (Å²) in [6.07, 6.45) is 1.79. The number of carboxylic acids is 1. The Morgan fingerprint density at radius 3 is 2.57 bits per heavy atom. The van der Waals surface area contributed by atoms with E-state index >= 15 is 0 Å². The molecule has 1 aromatic heterocycles. The van der Waals surface area contributed by atoms with Crippen LogP contribution in [-0.4, -0.2) is 21.7 Å². The summed E-state index contributed by atoms with van der Waals surface area (Å²) in [4.78, 5) is 22.8. The summed E-state index contributed by atoms with van der Waals surface area (Å²) < 4.78 is 1.42. The van der Waals surface area contributed by atoms with E-state index in [0.717, 1.165) is 11.1 Å². The largest absolute Gasteiger partial charge is 0.480 e. The SMILES string of the molecule is Cn1cc(Cl)cc(-c2ccc(C[C@H](N)C(=O)O)cc2)c1=O. The van der Waals surface area contributed by atoms with Crippen LogP contribution in [0.1, 0.15) is 5.56 Å². The van der Waals surface area contributed by atoms with Crippen LogP contribution in [0.4, 0.5) is 0 Å². The van der Waals surface area contributed by atoms with Crippen LogP contribution in [0, 0.1) is 0 Å². The van der Waals surface area contributed by atoms with E-state index in [9.17, 15) is 9.59 Å². The molecule has 0 saturated heterocycles. The second-order valence-corrected chi connectivity index (χ2v) is 5.27. The van der Waals surface area contributed by atoms with E-state index in [1.807, 2.05) is 0 Å². The second kappa shape index (κ2) is 6.11. The molecular weight excluding hydrogens is 292 g/mol. The Morgan fingerprint density at radius 2 is 2.00 bits per heavy atom. The third kappa shape index (κ3) is 3.51. The molecule has 0 amide bonds. The van der Waals surface area contributed by atoms with Gasteiger partial charge in [-0.05, 0) is 23.6 Å². The standard InChI is InChI=1S/C15H15ClN2O3/c1-18-8-11(16)7-12(14(18)19)10-4-2-9(3-5-10)6-13(17)15(20)21/h2-5,7-8,13H,6,17H2,1H3,(H,20,21)/t13-/m0/s1. The molecule has 0 aliphatic carbocycles. The molecule has 0 aliphatic heterocycles. The van der Waals surface area contributed by atoms with Gasteiger partial charge in [0.2, 0.25) is 0 Å². The number of hydrogen-bond donors (Lipinski definition) is 2. The molecule has 5 nitrogen and oxygen atoms in total. The fourth-order valence-electron chi connectivity index (χ4n) is 2.04. The minimum Gasteiger partial charge on any atom is -0.480 e. The van der Waals surface area contributed by atoms with E-state index < -0.39 is 12.0 Å². The highest BCUT2D eigenvalue weighted by Gasteiger charge is 2.12. The van der Waals surface area contributed by atoms with Crippen LogP contribution in [0.2, 0.25) is 5.02 Å². The van der Waals surface area contributed by atoms with Crippen molar-refractivity contribution in [1.29, 1.82) is 0 Å². The number of hydrogen-bond acceptors (Lipinski definition) is 3. The van der Waals surface area contributed by atoms with Gasteiger partial charge in [0, 0.05) is 18.8 Å². The van der Waals surface area contributed by atoms with Crippen LogP contribution in [0.3, 0.4) is 0 Å². The third-order valence-electron chi connectivity index (χ3n) is 3.19. The van der Waals surface area contributed by atoms with Crippen molar-refractivity contribution in [2.24, 2.45) is 12.8 Å². The van der Waals surface area contributed by atoms with Crippen LogP contribution in [0.5, 0.6) is 0 Å². The first-order valence-electron chi connectivity index (χ1n) is 6.32. The lowest BCUT2D eigenvalue weighted by molar-refractivity contribution is -0.138. The van der Waals surface area contributed by atoms with E-state index in [1.165, 1.54) is 4.57 Å². The fourth-order valence-corrected chi connectivity index (χ4v) is 2.29. The van der Waals surface area contributed by atoms with Gasteiger partial charge in [0.25, 0.3) is 5.56 Å². The second-order valence-electron chi connectivity index (χ2n) is 4.83. The van der Waals surface area contributed by atoms with Crippen molar-refractivity contribution in [1.82, 2.24) is 4.57 Å². The lowest BCUT2D eigenvalue weighted by Crippen LogP contribution is -2.32. The van der Waals surface area contributed by atoms with Crippen molar-refractivity contribution in [3.05, 3.63) is 57.5 Å². The van der Waals surface area contributed by atoms with Gasteiger partial charge < -0.3 is 15.4 Å². The molecular formula is C15H15ClN2O3. The molecule has 0 fully saturated rings. The molecule has 2 rings (SSSR count). The maximum Gasteiger partial charge on any atom is 0.320 e. The monoisotopic (exact) mass is 306 g/mol. The predicted octanol–water partition coefficient (Wildman–Crippen LogP) is 1.66. The topological polar surface area (TPSA) is 85.3 Å². The zero-order chi connectivity index (χ0) is 15.6. The van der Waals surface area contributed by atoms with Crippen LogP contribution in [0.25, 0.3) is 11.1 Å². The number of nitrogens with zero attached hydrogens (tertiary/aromatic N) is 1. The van der Waals surface area contributed by atoms with Crippen molar-refractivity contribution >= 4 is 17.6 Å². The Bertz CT molecular complexity index is 723. The first kappa shape index (κ1) is 15.3. The Hall–Kier alpha value is -2.11. The number of aromatic nitrogens is 1. The molecule has 3 N–H and O–H groups in total. The maximum absolute atomic E-state index is 12.1. The fraction of sp³-hybridized carbons (Fsp3) is 0.200. The molecule has 1 atom stereocenters. The summed E-state index contributed by atoms with van der Waals surface area (Å²) in [7, 11) is 1.64. The molecule has 0 unspecified atom stereocenters. The number of aryl methyl sites for hydroxylation is 1. The number of carboxylic acid groups (broad SMARTS) is 1. The lowest BCUT2D eigenvalue weighted by Gasteiger charge is -2.08. The molecule has 0 aliphatic rings. The number of aliphatic carboxylic acids is 1. The van der Waals surface area contributed by atoms with Crippen molar-refractivity contribution in [2.45, 2.75) is 12.5 Å². The van der Waals surface area contributed by atoms with E-state index in [0.29, 0.717) is 10.6 Å². The Kier molecular flexibility index (Phi) is 4.45. The van der Waals surface area contributed by atoms with Gasteiger partial charge in [0.1, 0.15) is 6.04 Å². The number of pyridine rings is 1. The number of carbonyl (C=O) groups is 1. The molecule has 0 radical (unpaired) electrons. The van der Waals surface area contributed by atoms with Gasteiger partial charge in [-0.1, -0.05) is 35.9 Å². The van der Waals surface area contributed by atoms with Gasteiger partial charge in [-0.25, -0.2) is 0 Å². The van der Waals surface area contributed by atoms with Crippen LogP contribution in [-0.2, 0) is 18.3 Å². The van der Waals surface area contributed by atoms with Crippen molar-refractivity contribution in [3.8, 4) is 11.1 Å². The molecule has 21 heavy (non-hydrogen) atoms. The molecule has 1 aromatic carbocycles. The highest BCUT2D eigenvalue weighted by molar-refractivity contribution is 6.30. The smallest absolute Gasteiger partial charge is 0.320 e. The van der Waals surface area contributed by atoms with Gasteiger partial charge in [0.05, 0.1) is 5.02 Å². The van der Waals surface area contributed by atoms with Crippen LogP contribution >= 0.6 is 11.6 Å². The van der Waals surface area contributed by atoms with E-state index in [2.05, 4.69) is 0 Å². The normalized spacial score (nSPS) is 12.1. The van der Waals surface area contributed by atoms with Crippen molar-refractivity contribution in [2.75, 3.05) is 0 Å². The zero-order valence-electron chi connectivity index (χ0n) is 11.4. The number of halogens is 1. The van der Waals surface area contributed by atoms with Gasteiger partial charge in [0.15, 0.2) is 0 Å². The average molecular weight is 307 g/mol. The summed E-state index contributed by atoms with van der Waals surface area (Å²) >= 11 is 5.97. The molecule has 1 heterocycles. The summed E-state index contributed by atoms with van der Waals surface area (Å²) in [6.45, 7) is 0. The molecule has 110 valence electrons. The number of benzene rings is 1. The summed E-state index contributed by atoms with van der Waals surface area (Å²) in [5.74, 6) is -1.04. The minimum atomic E-state index is -1.04. The van der Waals surface area contributed by atoms with E-state index in [1.54, 1.807) is 43.6 Å². The summed E-state index contributed by atoms with van der Waals surface area (Å²) in [5, 5.41) is 9.27. The minimum absolute atomic E-state index is 0.144. The summed E-state index contributed by atoms with van der Waals surface area (Å²) in [6, 6.07) is 7.72. The Morgan fingerprint density at radius 1 is 1.38 bits per heavy atom. The number of nitrogens with two attached hydrogens (primary N) is 1. The van der Waals surface area contributed by atoms with E-state index in [-0.39, 0.29) is 12.0 Å². The maximum atomic E-state index is 12.1. The highest BCUT2D eigenvalue weighted by atomic mass is 35.5. The lowest BCUT2D eigenvalue weighted by atomic mass is 10.0. The highest BCUT2D eigenvalue weighted by Crippen LogP contribution is 2.20. The van der Waals surface area contributed by atoms with Crippen LogP contribution < -0.4 is 11.3 Å².